The second-order valence-electron chi connectivity index (χ2n) is 4.65. The third-order valence-corrected chi connectivity index (χ3v) is 3.55. The van der Waals surface area contributed by atoms with Gasteiger partial charge in [-0.05, 0) is 5.41 Å². The highest BCUT2D eigenvalue weighted by Gasteiger charge is 2.21. The molecule has 2 heteroatoms. The number of hydrogen-bond donors (Lipinski definition) is 0. The molecule has 0 aliphatic heterocycles. The van der Waals surface area contributed by atoms with Gasteiger partial charge in [0.2, 0.25) is 0 Å². The molecule has 0 atom stereocenters. The molecule has 0 aliphatic rings. The lowest BCUT2D eigenvalue weighted by Gasteiger charge is -2.17. The Kier molecular flexibility index (Phi) is 2.61. The number of hydrogen-bond acceptors (Lipinski definition) is 2. The van der Waals surface area contributed by atoms with E-state index in [1.807, 2.05) is 11.6 Å². The first-order valence-corrected chi connectivity index (χ1v) is 5.96. The van der Waals surface area contributed by atoms with E-state index in [9.17, 15) is 0 Å². The summed E-state index contributed by atoms with van der Waals surface area (Å²) in [6.45, 7) is 6.69. The van der Waals surface area contributed by atoms with E-state index >= 15 is 0 Å². The fraction of sp³-hybridized carbons (Fsp3) is 0.308. The fourth-order valence-corrected chi connectivity index (χ4v) is 2.48. The van der Waals surface area contributed by atoms with Crippen LogP contribution in [0.4, 0.5) is 0 Å². The lowest BCUT2D eigenvalue weighted by atomic mass is 9.91. The third kappa shape index (κ3) is 2.10. The van der Waals surface area contributed by atoms with Gasteiger partial charge >= 0.3 is 0 Å². The van der Waals surface area contributed by atoms with Crippen LogP contribution in [-0.4, -0.2) is 4.98 Å². The maximum Gasteiger partial charge on any atom is 0.0848 e. The predicted octanol–water partition coefficient (Wildman–Crippen LogP) is 4.11. The molecule has 0 fully saturated rings. The quantitative estimate of drug-likeness (QED) is 0.700. The van der Waals surface area contributed by atoms with Crippen LogP contribution in [0.2, 0.25) is 0 Å². The SMILES string of the molecule is CC(C)(C)c1scnc1-c1ccccc1. The second-order valence-corrected chi connectivity index (χ2v) is 5.50. The molecule has 1 aromatic heterocycles. The van der Waals surface area contributed by atoms with Gasteiger partial charge in [0, 0.05) is 10.4 Å². The van der Waals surface area contributed by atoms with Crippen LogP contribution in [0.1, 0.15) is 25.6 Å². The Morgan fingerprint density at radius 3 is 2.33 bits per heavy atom. The van der Waals surface area contributed by atoms with Crippen LogP contribution in [0, 0.1) is 0 Å². The molecular formula is C13H15NS. The zero-order valence-corrected chi connectivity index (χ0v) is 10.1. The number of aromatic nitrogens is 1. The average Bonchev–Trinajstić information content (AvgIpc) is 2.67. The Morgan fingerprint density at radius 2 is 1.73 bits per heavy atom. The first kappa shape index (κ1) is 10.4. The molecule has 0 radical (unpaired) electrons. The Bertz CT molecular complexity index is 437. The summed E-state index contributed by atoms with van der Waals surface area (Å²) >= 11 is 1.74. The Morgan fingerprint density at radius 1 is 1.07 bits per heavy atom. The van der Waals surface area contributed by atoms with Crippen molar-refractivity contribution in [2.75, 3.05) is 0 Å². The van der Waals surface area contributed by atoms with Crippen LogP contribution in [0.5, 0.6) is 0 Å². The molecule has 0 aliphatic carbocycles. The molecular weight excluding hydrogens is 202 g/mol. The largest absolute Gasteiger partial charge is 0.244 e. The summed E-state index contributed by atoms with van der Waals surface area (Å²) in [6.07, 6.45) is 0. The van der Waals surface area contributed by atoms with Crippen LogP contribution in [0.3, 0.4) is 0 Å². The van der Waals surface area contributed by atoms with Crippen LogP contribution in [0.15, 0.2) is 35.8 Å². The summed E-state index contributed by atoms with van der Waals surface area (Å²) in [4.78, 5) is 5.83. The standard InChI is InChI=1S/C13H15NS/c1-13(2,3)12-11(14-9-15-12)10-7-5-4-6-8-10/h4-9H,1-3H3. The summed E-state index contributed by atoms with van der Waals surface area (Å²) in [7, 11) is 0. The van der Waals surface area contributed by atoms with E-state index in [0.717, 1.165) is 5.69 Å². The first-order valence-electron chi connectivity index (χ1n) is 5.08. The lowest BCUT2D eigenvalue weighted by Crippen LogP contribution is -2.10. The van der Waals surface area contributed by atoms with Crippen molar-refractivity contribution in [2.45, 2.75) is 26.2 Å². The molecule has 0 spiro atoms. The van der Waals surface area contributed by atoms with Crippen molar-refractivity contribution < 1.29 is 0 Å². The molecule has 1 heterocycles. The summed E-state index contributed by atoms with van der Waals surface area (Å²) < 4.78 is 0. The third-order valence-electron chi connectivity index (χ3n) is 2.30. The molecule has 2 rings (SSSR count). The Hall–Kier alpha value is -1.15. The van der Waals surface area contributed by atoms with Gasteiger partial charge in [-0.15, -0.1) is 11.3 Å². The van der Waals surface area contributed by atoms with Gasteiger partial charge in [0.15, 0.2) is 0 Å². The molecule has 0 saturated heterocycles. The van der Waals surface area contributed by atoms with Gasteiger partial charge in [0.1, 0.15) is 0 Å². The molecule has 1 nitrogen and oxygen atoms in total. The predicted molar refractivity (Wildman–Crippen MR) is 66.3 cm³/mol. The van der Waals surface area contributed by atoms with Gasteiger partial charge < -0.3 is 0 Å². The molecule has 15 heavy (non-hydrogen) atoms. The average molecular weight is 217 g/mol. The molecule has 0 N–H and O–H groups in total. The Balaban J connectivity index is 2.51. The minimum absolute atomic E-state index is 0.173. The molecule has 78 valence electrons. The molecule has 0 saturated carbocycles. The molecule has 0 bridgehead atoms. The highest BCUT2D eigenvalue weighted by atomic mass is 32.1. The topological polar surface area (TPSA) is 12.9 Å². The Labute approximate surface area is 94.8 Å². The highest BCUT2D eigenvalue weighted by molar-refractivity contribution is 7.10. The molecule has 1 aromatic carbocycles. The van der Waals surface area contributed by atoms with Crippen LogP contribution in [0.25, 0.3) is 11.3 Å². The summed E-state index contributed by atoms with van der Waals surface area (Å²) in [5.74, 6) is 0. The molecule has 0 unspecified atom stereocenters. The van der Waals surface area contributed by atoms with Crippen molar-refractivity contribution in [1.82, 2.24) is 4.98 Å². The smallest absolute Gasteiger partial charge is 0.0848 e. The summed E-state index contributed by atoms with van der Waals surface area (Å²) in [5.41, 5.74) is 4.45. The van der Waals surface area contributed by atoms with Crippen LogP contribution < -0.4 is 0 Å². The summed E-state index contributed by atoms with van der Waals surface area (Å²) in [6, 6.07) is 10.4. The normalized spacial score (nSPS) is 11.7. The second kappa shape index (κ2) is 3.78. The monoisotopic (exact) mass is 217 g/mol. The zero-order chi connectivity index (χ0) is 10.9. The van der Waals surface area contributed by atoms with E-state index in [4.69, 9.17) is 0 Å². The van der Waals surface area contributed by atoms with Gasteiger partial charge in [-0.25, -0.2) is 4.98 Å². The minimum Gasteiger partial charge on any atom is -0.244 e. The lowest BCUT2D eigenvalue weighted by molar-refractivity contribution is 0.604. The zero-order valence-electron chi connectivity index (χ0n) is 9.32. The number of thiazole rings is 1. The van der Waals surface area contributed by atoms with E-state index in [-0.39, 0.29) is 5.41 Å². The van der Waals surface area contributed by atoms with Gasteiger partial charge in [-0.2, -0.15) is 0 Å². The van der Waals surface area contributed by atoms with Crippen LogP contribution >= 0.6 is 11.3 Å². The van der Waals surface area contributed by atoms with Crippen molar-refractivity contribution in [2.24, 2.45) is 0 Å². The maximum atomic E-state index is 4.47. The van der Waals surface area contributed by atoms with Gasteiger partial charge in [-0.1, -0.05) is 51.1 Å². The van der Waals surface area contributed by atoms with Crippen molar-refractivity contribution in [3.8, 4) is 11.3 Å². The van der Waals surface area contributed by atoms with E-state index in [1.165, 1.54) is 10.4 Å². The fourth-order valence-electron chi connectivity index (χ4n) is 1.58. The summed E-state index contributed by atoms with van der Waals surface area (Å²) in [5, 5.41) is 0. The highest BCUT2D eigenvalue weighted by Crippen LogP contribution is 2.34. The van der Waals surface area contributed by atoms with E-state index in [2.05, 4.69) is 50.0 Å². The van der Waals surface area contributed by atoms with E-state index in [0.29, 0.717) is 0 Å². The minimum atomic E-state index is 0.173. The van der Waals surface area contributed by atoms with Crippen molar-refractivity contribution in [3.63, 3.8) is 0 Å². The van der Waals surface area contributed by atoms with Crippen LogP contribution in [-0.2, 0) is 5.41 Å². The van der Waals surface area contributed by atoms with Crippen molar-refractivity contribution in [1.29, 1.82) is 0 Å². The first-order chi connectivity index (χ1) is 7.09. The molecule has 2 aromatic rings. The number of nitrogens with zero attached hydrogens (tertiary/aromatic N) is 1. The van der Waals surface area contributed by atoms with Gasteiger partial charge in [-0.3, -0.25) is 0 Å². The van der Waals surface area contributed by atoms with E-state index in [1.54, 1.807) is 11.3 Å². The van der Waals surface area contributed by atoms with Crippen molar-refractivity contribution >= 4 is 11.3 Å². The van der Waals surface area contributed by atoms with Gasteiger partial charge in [0.05, 0.1) is 11.2 Å². The molecule has 0 amide bonds. The number of rotatable bonds is 1. The van der Waals surface area contributed by atoms with Crippen molar-refractivity contribution in [3.05, 3.63) is 40.7 Å². The van der Waals surface area contributed by atoms with Gasteiger partial charge in [0.25, 0.3) is 0 Å². The van der Waals surface area contributed by atoms with E-state index < -0.39 is 0 Å². The maximum absolute atomic E-state index is 4.47. The number of benzene rings is 1.